The predicted octanol–water partition coefficient (Wildman–Crippen LogP) is 0.654. The summed E-state index contributed by atoms with van der Waals surface area (Å²) < 4.78 is 15.7. The molecule has 0 saturated carbocycles. The zero-order chi connectivity index (χ0) is 12.9. The fourth-order valence-electron chi connectivity index (χ4n) is 1.04. The lowest BCUT2D eigenvalue weighted by Gasteiger charge is -2.24. The minimum Gasteiger partial charge on any atom is -0.377 e. The van der Waals surface area contributed by atoms with E-state index in [9.17, 15) is 0 Å². The van der Waals surface area contributed by atoms with E-state index < -0.39 is 8.80 Å². The highest BCUT2D eigenvalue weighted by atomic mass is 28.4. The van der Waals surface area contributed by atoms with Gasteiger partial charge in [0.15, 0.2) is 0 Å². The Kier molecular flexibility index (Phi) is 15.5. The first kappa shape index (κ1) is 18.6. The molecule has 0 atom stereocenters. The second-order valence-corrected chi connectivity index (χ2v) is 7.59. The van der Waals surface area contributed by atoms with Crippen LogP contribution in [0.2, 0.25) is 12.1 Å². The zero-order valence-electron chi connectivity index (χ0n) is 11.8. The maximum atomic E-state index is 5.25. The molecule has 0 saturated heterocycles. The van der Waals surface area contributed by atoms with E-state index in [0.29, 0.717) is 0 Å². The zero-order valence-corrected chi connectivity index (χ0v) is 14.8. The van der Waals surface area contributed by atoms with Gasteiger partial charge in [-0.15, -0.1) is 0 Å². The lowest BCUT2D eigenvalue weighted by atomic mass is 10.5. The van der Waals surface area contributed by atoms with E-state index in [0.717, 1.165) is 19.0 Å². The molecule has 0 unspecified atom stereocenters. The van der Waals surface area contributed by atoms with Crippen molar-refractivity contribution in [2.45, 2.75) is 31.9 Å². The van der Waals surface area contributed by atoms with E-state index >= 15 is 0 Å². The minimum absolute atomic E-state index is 0.858. The number of hydrogen-bond donors (Lipinski definition) is 1. The number of rotatable bonds is 8. The molecule has 0 aliphatic carbocycles. The van der Waals surface area contributed by atoms with Gasteiger partial charge in [-0.25, -0.2) is 0 Å². The van der Waals surface area contributed by atoms with E-state index in [1.54, 1.807) is 21.3 Å². The van der Waals surface area contributed by atoms with Crippen molar-refractivity contribution in [3.63, 3.8) is 0 Å². The molecular formula is C10H29NO3Si2. The molecule has 0 aromatic heterocycles. The van der Waals surface area contributed by atoms with Crippen LogP contribution in [0.3, 0.4) is 0 Å². The van der Waals surface area contributed by atoms with Crippen LogP contribution in [-0.2, 0) is 13.3 Å². The van der Waals surface area contributed by atoms with Crippen LogP contribution in [0, 0.1) is 0 Å². The summed E-state index contributed by atoms with van der Waals surface area (Å²) in [6, 6.07) is 2.32. The fourth-order valence-corrected chi connectivity index (χ4v) is 2.76. The van der Waals surface area contributed by atoms with Gasteiger partial charge in [0, 0.05) is 37.6 Å². The molecule has 0 amide bonds. The maximum Gasteiger partial charge on any atom is 0.500 e. The topological polar surface area (TPSA) is 39.7 Å². The van der Waals surface area contributed by atoms with Crippen molar-refractivity contribution in [1.29, 1.82) is 0 Å². The van der Waals surface area contributed by atoms with E-state index in [1.165, 1.54) is 22.7 Å². The van der Waals surface area contributed by atoms with Gasteiger partial charge in [0.2, 0.25) is 0 Å². The van der Waals surface area contributed by atoms with Crippen LogP contribution in [-0.4, -0.2) is 54.0 Å². The van der Waals surface area contributed by atoms with Crippen molar-refractivity contribution in [1.82, 2.24) is 5.32 Å². The summed E-state index contributed by atoms with van der Waals surface area (Å²) in [6.45, 7) is 3.18. The summed E-state index contributed by atoms with van der Waals surface area (Å²) in [5, 5.41) is 3.07. The van der Waals surface area contributed by atoms with Crippen molar-refractivity contribution in [3.05, 3.63) is 0 Å². The first-order valence-corrected chi connectivity index (χ1v) is 9.30. The monoisotopic (exact) mass is 267 g/mol. The Morgan fingerprint density at radius 3 is 1.81 bits per heavy atom. The molecule has 0 bridgehead atoms. The SMILES string of the molecule is CCC[SiH3].CNCCC[Si](OC)(OC)OC. The van der Waals surface area contributed by atoms with Crippen molar-refractivity contribution in [2.75, 3.05) is 34.9 Å². The van der Waals surface area contributed by atoms with Crippen LogP contribution in [0.15, 0.2) is 0 Å². The third-order valence-electron chi connectivity index (χ3n) is 2.34. The van der Waals surface area contributed by atoms with Gasteiger partial charge in [0.1, 0.15) is 0 Å². The molecule has 0 radical (unpaired) electrons. The van der Waals surface area contributed by atoms with Crippen molar-refractivity contribution in [3.8, 4) is 0 Å². The number of nitrogens with one attached hydrogen (secondary N) is 1. The summed E-state index contributed by atoms with van der Waals surface area (Å²) in [6.07, 6.45) is 2.39. The van der Waals surface area contributed by atoms with Crippen LogP contribution in [0.25, 0.3) is 0 Å². The third kappa shape index (κ3) is 9.50. The molecule has 0 aliphatic heterocycles. The van der Waals surface area contributed by atoms with Gasteiger partial charge in [-0.05, 0) is 20.0 Å². The van der Waals surface area contributed by atoms with Crippen molar-refractivity contribution < 1.29 is 13.3 Å². The number of hydrogen-bond acceptors (Lipinski definition) is 4. The average Bonchev–Trinajstić information content (AvgIpc) is 2.36. The molecule has 0 spiro atoms. The molecule has 0 aromatic carbocycles. The van der Waals surface area contributed by atoms with Gasteiger partial charge >= 0.3 is 8.80 Å². The van der Waals surface area contributed by atoms with E-state index in [1.807, 2.05) is 7.05 Å². The Morgan fingerprint density at radius 2 is 1.56 bits per heavy atom. The lowest BCUT2D eigenvalue weighted by Crippen LogP contribution is -2.43. The van der Waals surface area contributed by atoms with Gasteiger partial charge in [-0.1, -0.05) is 19.4 Å². The molecular weight excluding hydrogens is 238 g/mol. The molecule has 100 valence electrons. The summed E-state index contributed by atoms with van der Waals surface area (Å²) in [7, 11) is 5.93. The quantitative estimate of drug-likeness (QED) is 0.518. The fraction of sp³-hybridized carbons (Fsp3) is 1.00. The molecule has 0 rings (SSSR count). The van der Waals surface area contributed by atoms with Gasteiger partial charge in [-0.2, -0.15) is 0 Å². The van der Waals surface area contributed by atoms with Crippen LogP contribution in [0.1, 0.15) is 19.8 Å². The average molecular weight is 268 g/mol. The lowest BCUT2D eigenvalue weighted by molar-refractivity contribution is 0.123. The Bertz CT molecular complexity index is 125. The minimum atomic E-state index is -2.29. The van der Waals surface area contributed by atoms with Crippen LogP contribution >= 0.6 is 0 Å². The van der Waals surface area contributed by atoms with Crippen LogP contribution < -0.4 is 5.32 Å². The van der Waals surface area contributed by atoms with Crippen molar-refractivity contribution >= 4 is 19.0 Å². The highest BCUT2D eigenvalue weighted by Gasteiger charge is 2.36. The Hall–Kier alpha value is 0.274. The summed E-state index contributed by atoms with van der Waals surface area (Å²) in [4.78, 5) is 0. The second-order valence-electron chi connectivity index (χ2n) is 3.50. The molecule has 0 aliphatic rings. The van der Waals surface area contributed by atoms with Crippen LogP contribution in [0.5, 0.6) is 0 Å². The predicted molar refractivity (Wildman–Crippen MR) is 75.2 cm³/mol. The highest BCUT2D eigenvalue weighted by Crippen LogP contribution is 2.13. The summed E-state index contributed by atoms with van der Waals surface area (Å²) in [5.74, 6) is 0. The Balaban J connectivity index is 0. The molecule has 1 N–H and O–H groups in total. The summed E-state index contributed by atoms with van der Waals surface area (Å²) >= 11 is 0. The first-order valence-electron chi connectivity index (χ1n) is 5.96. The largest absolute Gasteiger partial charge is 0.500 e. The molecule has 4 nitrogen and oxygen atoms in total. The second kappa shape index (κ2) is 13.3. The Morgan fingerprint density at radius 1 is 1.12 bits per heavy atom. The van der Waals surface area contributed by atoms with Gasteiger partial charge in [0.05, 0.1) is 0 Å². The van der Waals surface area contributed by atoms with Gasteiger partial charge in [0.25, 0.3) is 0 Å². The first-order chi connectivity index (χ1) is 7.66. The third-order valence-corrected chi connectivity index (χ3v) is 6.17. The normalized spacial score (nSPS) is 11.1. The molecule has 0 heterocycles. The maximum absolute atomic E-state index is 5.25. The highest BCUT2D eigenvalue weighted by molar-refractivity contribution is 6.60. The molecule has 0 fully saturated rings. The van der Waals surface area contributed by atoms with Gasteiger partial charge in [-0.3, -0.25) is 0 Å². The molecule has 16 heavy (non-hydrogen) atoms. The standard InChI is InChI=1S/C7H19NO3Si.C3H10Si/c1-8-6-5-7-12(9-2,10-3)11-4;1-2-3-4/h8H,5-7H2,1-4H3;2-3H2,1,4H3. The van der Waals surface area contributed by atoms with E-state index in [2.05, 4.69) is 12.2 Å². The van der Waals surface area contributed by atoms with Crippen molar-refractivity contribution in [2.24, 2.45) is 0 Å². The smallest absolute Gasteiger partial charge is 0.377 e. The van der Waals surface area contributed by atoms with E-state index in [-0.39, 0.29) is 0 Å². The van der Waals surface area contributed by atoms with Gasteiger partial charge < -0.3 is 18.6 Å². The molecule has 6 heteroatoms. The van der Waals surface area contributed by atoms with Crippen LogP contribution in [0.4, 0.5) is 0 Å². The van der Waals surface area contributed by atoms with E-state index in [4.69, 9.17) is 13.3 Å². The Labute approximate surface area is 105 Å². The molecule has 0 aromatic rings. The summed E-state index contributed by atoms with van der Waals surface area (Å²) in [5.41, 5.74) is 0.